The van der Waals surface area contributed by atoms with E-state index >= 15 is 0 Å². The number of carboxylic acid groups (broad SMARTS) is 1. The number of rotatable bonds is 4. The standard InChI is InChI=1S/C11H11N3O2S/c1-7(10-13-4-5-17-10)14-9-6-8(11(15)16)2-3-12-9/h2-7H,1H3,(H,12,14)(H,15,16). The third-order valence-electron chi connectivity index (χ3n) is 2.19. The molecule has 0 bridgehead atoms. The van der Waals surface area contributed by atoms with Crippen LogP contribution in [0.4, 0.5) is 5.82 Å². The maximum Gasteiger partial charge on any atom is 0.335 e. The van der Waals surface area contributed by atoms with Crippen LogP contribution in [0, 0.1) is 0 Å². The minimum atomic E-state index is -0.961. The first kappa shape index (κ1) is 11.5. The molecule has 0 saturated carbocycles. The Morgan fingerprint density at radius 3 is 2.94 bits per heavy atom. The van der Waals surface area contributed by atoms with Gasteiger partial charge < -0.3 is 10.4 Å². The quantitative estimate of drug-likeness (QED) is 0.870. The summed E-state index contributed by atoms with van der Waals surface area (Å²) in [4.78, 5) is 19.1. The fourth-order valence-corrected chi connectivity index (χ4v) is 2.02. The van der Waals surface area contributed by atoms with E-state index in [4.69, 9.17) is 5.11 Å². The van der Waals surface area contributed by atoms with E-state index in [1.54, 1.807) is 17.5 Å². The second-order valence-corrected chi connectivity index (χ2v) is 4.40. The first-order valence-corrected chi connectivity index (χ1v) is 5.90. The van der Waals surface area contributed by atoms with Crippen LogP contribution < -0.4 is 5.32 Å². The Morgan fingerprint density at radius 2 is 2.29 bits per heavy atom. The average molecular weight is 249 g/mol. The zero-order chi connectivity index (χ0) is 12.3. The lowest BCUT2D eigenvalue weighted by molar-refractivity contribution is 0.0697. The highest BCUT2D eigenvalue weighted by atomic mass is 32.1. The number of thiazole rings is 1. The molecular formula is C11H11N3O2S. The van der Waals surface area contributed by atoms with Gasteiger partial charge in [-0.25, -0.2) is 14.8 Å². The SMILES string of the molecule is CC(Nc1cc(C(=O)O)ccn1)c1nccs1. The summed E-state index contributed by atoms with van der Waals surface area (Å²) in [7, 11) is 0. The molecule has 1 atom stereocenters. The summed E-state index contributed by atoms with van der Waals surface area (Å²) >= 11 is 1.54. The summed E-state index contributed by atoms with van der Waals surface area (Å²) in [5.41, 5.74) is 0.217. The normalized spacial score (nSPS) is 12.1. The molecule has 2 aromatic rings. The van der Waals surface area contributed by atoms with Crippen LogP contribution in [0.3, 0.4) is 0 Å². The maximum atomic E-state index is 10.8. The minimum Gasteiger partial charge on any atom is -0.478 e. The monoisotopic (exact) mass is 249 g/mol. The van der Waals surface area contributed by atoms with Gasteiger partial charge in [0.15, 0.2) is 0 Å². The van der Waals surface area contributed by atoms with Gasteiger partial charge in [0.2, 0.25) is 0 Å². The van der Waals surface area contributed by atoms with Crippen molar-refractivity contribution in [2.45, 2.75) is 13.0 Å². The fourth-order valence-electron chi connectivity index (χ4n) is 1.37. The molecule has 2 rings (SSSR count). The van der Waals surface area contributed by atoms with E-state index in [-0.39, 0.29) is 11.6 Å². The van der Waals surface area contributed by atoms with E-state index in [1.807, 2.05) is 12.3 Å². The van der Waals surface area contributed by atoms with Gasteiger partial charge >= 0.3 is 5.97 Å². The molecule has 0 aromatic carbocycles. The third kappa shape index (κ3) is 2.79. The van der Waals surface area contributed by atoms with Crippen LogP contribution in [0.5, 0.6) is 0 Å². The first-order chi connectivity index (χ1) is 8.16. The Morgan fingerprint density at radius 1 is 1.47 bits per heavy atom. The van der Waals surface area contributed by atoms with Gasteiger partial charge in [0, 0.05) is 17.8 Å². The van der Waals surface area contributed by atoms with Crippen molar-refractivity contribution < 1.29 is 9.90 Å². The summed E-state index contributed by atoms with van der Waals surface area (Å²) in [5, 5.41) is 14.8. The number of hydrogen-bond donors (Lipinski definition) is 2. The number of pyridine rings is 1. The average Bonchev–Trinajstić information content (AvgIpc) is 2.82. The lowest BCUT2D eigenvalue weighted by Gasteiger charge is -2.11. The molecule has 6 heteroatoms. The summed E-state index contributed by atoms with van der Waals surface area (Å²) in [6.07, 6.45) is 3.21. The zero-order valence-corrected chi connectivity index (χ0v) is 9.94. The fraction of sp³-hybridized carbons (Fsp3) is 0.182. The highest BCUT2D eigenvalue weighted by Gasteiger charge is 2.10. The number of nitrogens with zero attached hydrogens (tertiary/aromatic N) is 2. The van der Waals surface area contributed by atoms with Crippen LogP contribution in [-0.4, -0.2) is 21.0 Å². The molecule has 2 aromatic heterocycles. The molecule has 5 nitrogen and oxygen atoms in total. The molecule has 17 heavy (non-hydrogen) atoms. The number of carbonyl (C=O) groups is 1. The third-order valence-corrected chi connectivity index (χ3v) is 3.15. The van der Waals surface area contributed by atoms with E-state index in [9.17, 15) is 4.79 Å². The Hall–Kier alpha value is -1.95. The van der Waals surface area contributed by atoms with Gasteiger partial charge in [0.05, 0.1) is 11.6 Å². The predicted octanol–water partition coefficient (Wildman–Crippen LogP) is 2.41. The van der Waals surface area contributed by atoms with Gasteiger partial charge in [-0.2, -0.15) is 0 Å². The molecule has 0 spiro atoms. The number of aromatic nitrogens is 2. The number of carboxylic acids is 1. The van der Waals surface area contributed by atoms with Gasteiger partial charge in [-0.05, 0) is 19.1 Å². The molecule has 0 fully saturated rings. The van der Waals surface area contributed by atoms with Crippen LogP contribution in [0.2, 0.25) is 0 Å². The Kier molecular flexibility index (Phi) is 3.34. The molecule has 0 amide bonds. The summed E-state index contributed by atoms with van der Waals surface area (Å²) in [6, 6.07) is 2.97. The van der Waals surface area contributed by atoms with Crippen LogP contribution in [-0.2, 0) is 0 Å². The van der Waals surface area contributed by atoms with Gasteiger partial charge in [0.1, 0.15) is 10.8 Å². The smallest absolute Gasteiger partial charge is 0.335 e. The minimum absolute atomic E-state index is 0.00606. The van der Waals surface area contributed by atoms with E-state index in [2.05, 4.69) is 15.3 Å². The lowest BCUT2D eigenvalue weighted by atomic mass is 10.2. The molecule has 0 aliphatic heterocycles. The molecule has 88 valence electrons. The molecular weight excluding hydrogens is 238 g/mol. The van der Waals surface area contributed by atoms with Crippen LogP contribution >= 0.6 is 11.3 Å². The lowest BCUT2D eigenvalue weighted by Crippen LogP contribution is -2.08. The highest BCUT2D eigenvalue weighted by Crippen LogP contribution is 2.19. The molecule has 0 saturated heterocycles. The van der Waals surface area contributed by atoms with Crippen molar-refractivity contribution in [1.29, 1.82) is 0 Å². The molecule has 1 unspecified atom stereocenters. The molecule has 2 N–H and O–H groups in total. The van der Waals surface area contributed by atoms with Crippen molar-refractivity contribution in [3.05, 3.63) is 40.5 Å². The molecule has 0 aliphatic rings. The Labute approximate surface area is 102 Å². The second kappa shape index (κ2) is 4.92. The summed E-state index contributed by atoms with van der Waals surface area (Å²) < 4.78 is 0. The Bertz CT molecular complexity index is 513. The zero-order valence-electron chi connectivity index (χ0n) is 9.12. The van der Waals surface area contributed by atoms with Gasteiger partial charge in [-0.1, -0.05) is 0 Å². The molecule has 0 aliphatic carbocycles. The van der Waals surface area contributed by atoms with Gasteiger partial charge in [-0.15, -0.1) is 11.3 Å². The van der Waals surface area contributed by atoms with Crippen LogP contribution in [0.1, 0.15) is 28.3 Å². The second-order valence-electron chi connectivity index (χ2n) is 3.47. The Balaban J connectivity index is 2.13. The predicted molar refractivity (Wildman–Crippen MR) is 65.3 cm³/mol. The van der Waals surface area contributed by atoms with E-state index in [0.29, 0.717) is 5.82 Å². The van der Waals surface area contributed by atoms with Crippen molar-refractivity contribution in [3.63, 3.8) is 0 Å². The van der Waals surface area contributed by atoms with E-state index in [1.165, 1.54) is 18.3 Å². The molecule has 2 heterocycles. The summed E-state index contributed by atoms with van der Waals surface area (Å²) in [5.74, 6) is -0.426. The number of nitrogens with one attached hydrogen (secondary N) is 1. The number of anilines is 1. The molecule has 0 radical (unpaired) electrons. The number of hydrogen-bond acceptors (Lipinski definition) is 5. The number of aromatic carboxylic acids is 1. The highest BCUT2D eigenvalue weighted by molar-refractivity contribution is 7.09. The van der Waals surface area contributed by atoms with Crippen molar-refractivity contribution in [1.82, 2.24) is 9.97 Å². The van der Waals surface area contributed by atoms with Gasteiger partial charge in [-0.3, -0.25) is 0 Å². The van der Waals surface area contributed by atoms with Crippen LogP contribution in [0.15, 0.2) is 29.9 Å². The van der Waals surface area contributed by atoms with Crippen molar-refractivity contribution in [2.24, 2.45) is 0 Å². The van der Waals surface area contributed by atoms with E-state index < -0.39 is 5.97 Å². The van der Waals surface area contributed by atoms with Crippen molar-refractivity contribution >= 4 is 23.1 Å². The topological polar surface area (TPSA) is 75.1 Å². The first-order valence-electron chi connectivity index (χ1n) is 5.02. The summed E-state index contributed by atoms with van der Waals surface area (Å²) in [6.45, 7) is 1.95. The van der Waals surface area contributed by atoms with Crippen molar-refractivity contribution in [3.8, 4) is 0 Å². The maximum absolute atomic E-state index is 10.8. The van der Waals surface area contributed by atoms with Crippen molar-refractivity contribution in [2.75, 3.05) is 5.32 Å². The van der Waals surface area contributed by atoms with E-state index in [0.717, 1.165) is 5.01 Å². The largest absolute Gasteiger partial charge is 0.478 e. The van der Waals surface area contributed by atoms with Gasteiger partial charge in [0.25, 0.3) is 0 Å². The van der Waals surface area contributed by atoms with Crippen LogP contribution in [0.25, 0.3) is 0 Å².